The summed E-state index contributed by atoms with van der Waals surface area (Å²) < 4.78 is 0. The second-order valence-corrected chi connectivity index (χ2v) is 3.77. The van der Waals surface area contributed by atoms with Crippen LogP contribution in [0.1, 0.15) is 12.8 Å². The van der Waals surface area contributed by atoms with E-state index in [-0.39, 0.29) is 11.8 Å². The maximum Gasteiger partial charge on any atom is 0.228 e. The van der Waals surface area contributed by atoms with E-state index in [0.717, 1.165) is 6.42 Å². The average molecular weight is 171 g/mol. The molecule has 0 bridgehead atoms. The lowest BCUT2D eigenvalue weighted by atomic mass is 9.98. The lowest BCUT2D eigenvalue weighted by Crippen LogP contribution is -2.40. The van der Waals surface area contributed by atoms with E-state index < -0.39 is 17.6 Å². The van der Waals surface area contributed by atoms with Crippen LogP contribution in [0.15, 0.2) is 0 Å². The SMILES string of the molecule is CNC(=O)C12CC1CC(O)C2O. The van der Waals surface area contributed by atoms with Crippen molar-refractivity contribution in [3.63, 3.8) is 0 Å². The fourth-order valence-electron chi connectivity index (χ4n) is 2.41. The Kier molecular flexibility index (Phi) is 1.47. The van der Waals surface area contributed by atoms with Gasteiger partial charge in [-0.25, -0.2) is 0 Å². The van der Waals surface area contributed by atoms with Gasteiger partial charge in [-0.05, 0) is 18.8 Å². The lowest BCUT2D eigenvalue weighted by Gasteiger charge is -2.19. The zero-order valence-corrected chi connectivity index (χ0v) is 6.95. The Morgan fingerprint density at radius 2 is 2.25 bits per heavy atom. The molecule has 2 aliphatic carbocycles. The van der Waals surface area contributed by atoms with E-state index in [0.29, 0.717) is 6.42 Å². The van der Waals surface area contributed by atoms with E-state index >= 15 is 0 Å². The van der Waals surface area contributed by atoms with Gasteiger partial charge >= 0.3 is 0 Å². The van der Waals surface area contributed by atoms with E-state index in [2.05, 4.69) is 5.32 Å². The third-order valence-electron chi connectivity index (χ3n) is 3.22. The van der Waals surface area contributed by atoms with Crippen molar-refractivity contribution in [2.45, 2.75) is 25.0 Å². The van der Waals surface area contributed by atoms with E-state index in [9.17, 15) is 15.0 Å². The van der Waals surface area contributed by atoms with Gasteiger partial charge in [-0.2, -0.15) is 0 Å². The van der Waals surface area contributed by atoms with Crippen molar-refractivity contribution < 1.29 is 15.0 Å². The number of hydrogen-bond donors (Lipinski definition) is 3. The van der Waals surface area contributed by atoms with Gasteiger partial charge < -0.3 is 15.5 Å². The molecule has 0 aromatic rings. The smallest absolute Gasteiger partial charge is 0.228 e. The monoisotopic (exact) mass is 171 g/mol. The van der Waals surface area contributed by atoms with Gasteiger partial charge in [-0.3, -0.25) is 4.79 Å². The molecule has 0 spiro atoms. The van der Waals surface area contributed by atoms with E-state index in [1.165, 1.54) is 0 Å². The first kappa shape index (κ1) is 8.01. The van der Waals surface area contributed by atoms with Gasteiger partial charge in [0.1, 0.15) is 0 Å². The molecule has 1 amide bonds. The molecule has 12 heavy (non-hydrogen) atoms. The van der Waals surface area contributed by atoms with Crippen molar-refractivity contribution in [1.29, 1.82) is 0 Å². The summed E-state index contributed by atoms with van der Waals surface area (Å²) in [7, 11) is 1.56. The summed E-state index contributed by atoms with van der Waals surface area (Å²) in [4.78, 5) is 11.4. The van der Waals surface area contributed by atoms with Gasteiger partial charge in [0, 0.05) is 7.05 Å². The number of aliphatic hydroxyl groups is 2. The summed E-state index contributed by atoms with van der Waals surface area (Å²) >= 11 is 0. The number of carbonyl (C=O) groups excluding carboxylic acids is 1. The first-order valence-corrected chi connectivity index (χ1v) is 4.21. The highest BCUT2D eigenvalue weighted by Crippen LogP contribution is 2.63. The number of aliphatic hydroxyl groups excluding tert-OH is 2. The Bertz CT molecular complexity index is 230. The molecule has 4 heteroatoms. The summed E-state index contributed by atoms with van der Waals surface area (Å²) in [6.07, 6.45) is -0.275. The zero-order valence-electron chi connectivity index (χ0n) is 6.95. The van der Waals surface area contributed by atoms with Crippen LogP contribution in [0.2, 0.25) is 0 Å². The Morgan fingerprint density at radius 1 is 1.58 bits per heavy atom. The molecule has 2 aliphatic rings. The topological polar surface area (TPSA) is 69.6 Å². The first-order valence-electron chi connectivity index (χ1n) is 4.21. The molecule has 4 unspecified atom stereocenters. The van der Waals surface area contributed by atoms with Gasteiger partial charge in [0.15, 0.2) is 0 Å². The lowest BCUT2D eigenvalue weighted by molar-refractivity contribution is -0.131. The summed E-state index contributed by atoms with van der Waals surface area (Å²) in [5, 5.41) is 21.4. The molecule has 3 N–H and O–H groups in total. The fourth-order valence-corrected chi connectivity index (χ4v) is 2.41. The van der Waals surface area contributed by atoms with Gasteiger partial charge in [0.25, 0.3) is 0 Å². The first-order chi connectivity index (χ1) is 5.63. The van der Waals surface area contributed by atoms with Gasteiger partial charge in [-0.1, -0.05) is 0 Å². The van der Waals surface area contributed by atoms with Crippen LogP contribution in [0.3, 0.4) is 0 Å². The maximum absolute atomic E-state index is 11.4. The minimum absolute atomic E-state index is 0.128. The number of carbonyl (C=O) groups is 1. The standard InChI is InChI=1S/C8H13NO3/c1-9-7(12)8-3-4(8)2-5(10)6(8)11/h4-6,10-11H,2-3H2,1H3,(H,9,12). The van der Waals surface area contributed by atoms with Crippen LogP contribution < -0.4 is 5.32 Å². The van der Waals surface area contributed by atoms with Crippen molar-refractivity contribution >= 4 is 5.91 Å². The van der Waals surface area contributed by atoms with Crippen molar-refractivity contribution in [2.75, 3.05) is 7.05 Å². The van der Waals surface area contributed by atoms with E-state index in [1.807, 2.05) is 0 Å². The van der Waals surface area contributed by atoms with Crippen LogP contribution in [0.25, 0.3) is 0 Å². The van der Waals surface area contributed by atoms with Crippen molar-refractivity contribution in [2.24, 2.45) is 11.3 Å². The van der Waals surface area contributed by atoms with Crippen LogP contribution >= 0.6 is 0 Å². The quantitative estimate of drug-likeness (QED) is 0.467. The van der Waals surface area contributed by atoms with Crippen molar-refractivity contribution in [3.05, 3.63) is 0 Å². The number of nitrogens with one attached hydrogen (secondary N) is 1. The molecule has 2 saturated carbocycles. The Hall–Kier alpha value is -0.610. The third kappa shape index (κ3) is 0.716. The number of rotatable bonds is 1. The van der Waals surface area contributed by atoms with Crippen LogP contribution in [0, 0.1) is 11.3 Å². The second kappa shape index (κ2) is 2.20. The molecule has 4 atom stereocenters. The van der Waals surface area contributed by atoms with E-state index in [4.69, 9.17) is 0 Å². The molecule has 0 radical (unpaired) electrons. The second-order valence-electron chi connectivity index (χ2n) is 3.77. The summed E-state index contributed by atoms with van der Waals surface area (Å²) in [5.74, 6) is 0.0685. The van der Waals surface area contributed by atoms with Gasteiger partial charge in [0.2, 0.25) is 5.91 Å². The van der Waals surface area contributed by atoms with Crippen LogP contribution in [-0.2, 0) is 4.79 Å². The van der Waals surface area contributed by atoms with Crippen molar-refractivity contribution in [3.8, 4) is 0 Å². The van der Waals surface area contributed by atoms with Gasteiger partial charge in [-0.15, -0.1) is 0 Å². The molecule has 4 nitrogen and oxygen atoms in total. The normalized spacial score (nSPS) is 50.1. The maximum atomic E-state index is 11.4. The third-order valence-corrected chi connectivity index (χ3v) is 3.22. The highest BCUT2D eigenvalue weighted by atomic mass is 16.3. The Morgan fingerprint density at radius 3 is 2.67 bits per heavy atom. The molecule has 0 aromatic carbocycles. The fraction of sp³-hybridized carbons (Fsp3) is 0.875. The van der Waals surface area contributed by atoms with Crippen molar-refractivity contribution in [1.82, 2.24) is 5.32 Å². The molecule has 68 valence electrons. The number of hydrogen-bond acceptors (Lipinski definition) is 3. The number of fused-ring (bicyclic) bond motifs is 1. The average Bonchev–Trinajstić information content (AvgIpc) is 2.72. The molecule has 0 aromatic heterocycles. The minimum atomic E-state index is -0.859. The largest absolute Gasteiger partial charge is 0.390 e. The number of amides is 1. The van der Waals surface area contributed by atoms with Gasteiger partial charge in [0.05, 0.1) is 17.6 Å². The zero-order chi connectivity index (χ0) is 8.93. The van der Waals surface area contributed by atoms with E-state index in [1.54, 1.807) is 7.05 Å². The summed E-state index contributed by atoms with van der Waals surface area (Å²) in [6, 6.07) is 0. The summed E-state index contributed by atoms with van der Waals surface area (Å²) in [6.45, 7) is 0. The highest BCUT2D eigenvalue weighted by Gasteiger charge is 2.70. The minimum Gasteiger partial charge on any atom is -0.390 e. The summed E-state index contributed by atoms with van der Waals surface area (Å²) in [5.41, 5.74) is -0.645. The molecular formula is C8H13NO3. The molecule has 0 heterocycles. The van der Waals surface area contributed by atoms with Crippen LogP contribution in [0.4, 0.5) is 0 Å². The molecule has 2 fully saturated rings. The molecular weight excluding hydrogens is 158 g/mol. The van der Waals surface area contributed by atoms with Crippen LogP contribution in [-0.4, -0.2) is 35.4 Å². The van der Waals surface area contributed by atoms with Crippen LogP contribution in [0.5, 0.6) is 0 Å². The molecule has 0 saturated heterocycles. The predicted molar refractivity (Wildman–Crippen MR) is 41.2 cm³/mol. The predicted octanol–water partition coefficient (Wildman–Crippen LogP) is -1.14. The Labute approximate surface area is 70.6 Å². The Balaban J connectivity index is 2.20. The molecule has 2 rings (SSSR count). The molecule has 0 aliphatic heterocycles. The highest BCUT2D eigenvalue weighted by molar-refractivity contribution is 5.87.